The number of hydrogen-bond acceptors (Lipinski definition) is 5. The van der Waals surface area contributed by atoms with Crippen LogP contribution in [-0.2, 0) is 0 Å². The van der Waals surface area contributed by atoms with E-state index in [1.165, 1.54) is 30.5 Å². The number of carbonyl (C=O) groups excluding carboxylic acids is 2. The number of likely N-dealkylation sites (tertiary alicyclic amines) is 1. The minimum atomic E-state index is -0.457. The fourth-order valence-electron chi connectivity index (χ4n) is 3.09. The number of hydrogen-bond donors (Lipinski definition) is 3. The van der Waals surface area contributed by atoms with Crippen molar-refractivity contribution in [1.82, 2.24) is 15.2 Å². The van der Waals surface area contributed by atoms with Crippen molar-refractivity contribution < 1.29 is 14.0 Å². The van der Waals surface area contributed by atoms with Gasteiger partial charge in [0.05, 0.1) is 11.3 Å². The van der Waals surface area contributed by atoms with E-state index in [0.717, 1.165) is 0 Å². The number of nitrogens with zero attached hydrogens (tertiary/aromatic N) is 2. The lowest BCUT2D eigenvalue weighted by Crippen LogP contribution is -2.39. The summed E-state index contributed by atoms with van der Waals surface area (Å²) in [4.78, 5) is 30.5. The number of anilines is 2. The van der Waals surface area contributed by atoms with Gasteiger partial charge in [-0.2, -0.15) is 0 Å². The highest BCUT2D eigenvalue weighted by atomic mass is 19.1. The third-order valence-corrected chi connectivity index (χ3v) is 4.45. The van der Waals surface area contributed by atoms with Gasteiger partial charge >= 0.3 is 0 Å². The maximum atomic E-state index is 13.4. The normalized spacial score (nSPS) is 19.4. The van der Waals surface area contributed by atoms with Crippen LogP contribution < -0.4 is 16.8 Å². The second kappa shape index (κ2) is 6.99. The average Bonchev–Trinajstić information content (AvgIpc) is 2.96. The molecule has 26 heavy (non-hydrogen) atoms. The summed E-state index contributed by atoms with van der Waals surface area (Å²) in [6.07, 6.45) is 1.96. The van der Waals surface area contributed by atoms with Gasteiger partial charge in [-0.15, -0.1) is 0 Å². The highest BCUT2D eigenvalue weighted by Crippen LogP contribution is 2.21. The first-order valence-corrected chi connectivity index (χ1v) is 8.23. The number of benzene rings is 1. The molecule has 1 aliphatic heterocycles. The largest absolute Gasteiger partial charge is 0.396 e. The second-order valence-electron chi connectivity index (χ2n) is 6.42. The predicted octanol–water partition coefficient (Wildman–Crippen LogP) is 1.42. The second-order valence-corrected chi connectivity index (χ2v) is 6.42. The van der Waals surface area contributed by atoms with Crippen molar-refractivity contribution in [2.75, 3.05) is 18.0 Å². The van der Waals surface area contributed by atoms with Crippen LogP contribution in [0.15, 0.2) is 36.5 Å². The van der Waals surface area contributed by atoms with E-state index in [1.54, 1.807) is 11.0 Å². The topological polar surface area (TPSA) is 114 Å². The summed E-state index contributed by atoms with van der Waals surface area (Å²) < 4.78 is 13.4. The molecule has 0 saturated carbocycles. The molecule has 2 unspecified atom stereocenters. The quantitative estimate of drug-likeness (QED) is 0.768. The first-order chi connectivity index (χ1) is 12.3. The van der Waals surface area contributed by atoms with Crippen LogP contribution in [-0.4, -0.2) is 40.3 Å². The Morgan fingerprint density at radius 2 is 2.04 bits per heavy atom. The van der Waals surface area contributed by atoms with Gasteiger partial charge in [-0.25, -0.2) is 9.37 Å². The van der Waals surface area contributed by atoms with Gasteiger partial charge in [0.25, 0.3) is 11.8 Å². The highest BCUT2D eigenvalue weighted by molar-refractivity contribution is 5.96. The number of nitrogens with two attached hydrogens (primary N) is 2. The smallest absolute Gasteiger partial charge is 0.254 e. The minimum absolute atomic E-state index is 0.0781. The molecular formula is C18H20FN5O2. The lowest BCUT2D eigenvalue weighted by Gasteiger charge is -2.21. The Kier molecular flexibility index (Phi) is 4.75. The number of rotatable bonds is 3. The molecule has 1 aliphatic rings. The molecule has 136 valence electrons. The number of nitrogen functional groups attached to an aromatic ring is 2. The molecule has 1 aromatic carbocycles. The van der Waals surface area contributed by atoms with Gasteiger partial charge < -0.3 is 21.7 Å². The van der Waals surface area contributed by atoms with Crippen LogP contribution in [0.25, 0.3) is 0 Å². The lowest BCUT2D eigenvalue weighted by molar-refractivity contribution is 0.0740. The van der Waals surface area contributed by atoms with Crippen molar-refractivity contribution >= 4 is 23.3 Å². The average molecular weight is 357 g/mol. The summed E-state index contributed by atoms with van der Waals surface area (Å²) in [7, 11) is 0. The first kappa shape index (κ1) is 17.7. The van der Waals surface area contributed by atoms with Gasteiger partial charge in [-0.3, -0.25) is 9.59 Å². The lowest BCUT2D eigenvalue weighted by atomic mass is 10.1. The van der Waals surface area contributed by atoms with Crippen molar-refractivity contribution in [2.24, 2.45) is 0 Å². The number of nitrogens with one attached hydrogen (secondary N) is 1. The monoisotopic (exact) mass is 357 g/mol. The molecule has 0 bridgehead atoms. The molecular weight excluding hydrogens is 337 g/mol. The molecule has 2 atom stereocenters. The zero-order valence-electron chi connectivity index (χ0n) is 14.3. The summed E-state index contributed by atoms with van der Waals surface area (Å²) >= 11 is 0. The Bertz CT molecular complexity index is 857. The van der Waals surface area contributed by atoms with Crippen molar-refractivity contribution in [3.8, 4) is 0 Å². The summed E-state index contributed by atoms with van der Waals surface area (Å²) in [5.41, 5.74) is 12.1. The molecule has 5 N–H and O–H groups in total. The molecule has 0 radical (unpaired) electrons. The number of amides is 2. The number of aromatic nitrogens is 1. The molecule has 1 aromatic heterocycles. The number of halogens is 1. The standard InChI is InChI=1S/C18H20FN5O2/c1-10-5-14(23-17(25)12-7-15(20)16(21)22-8-12)9-24(10)18(26)11-3-2-4-13(19)6-11/h2-4,6-8,10,14H,5,9,20H2,1H3,(H2,21,22)(H,23,25). The van der Waals surface area contributed by atoms with Gasteiger partial charge in [0, 0.05) is 30.4 Å². The first-order valence-electron chi connectivity index (χ1n) is 8.23. The Morgan fingerprint density at radius 1 is 1.27 bits per heavy atom. The third-order valence-electron chi connectivity index (χ3n) is 4.45. The molecule has 0 spiro atoms. The molecule has 2 heterocycles. The van der Waals surface area contributed by atoms with E-state index >= 15 is 0 Å². The van der Waals surface area contributed by atoms with Crippen LogP contribution in [0.1, 0.15) is 34.1 Å². The molecule has 0 aliphatic carbocycles. The maximum Gasteiger partial charge on any atom is 0.254 e. The summed E-state index contributed by atoms with van der Waals surface area (Å²) in [6.45, 7) is 2.24. The highest BCUT2D eigenvalue weighted by Gasteiger charge is 2.34. The molecule has 2 aromatic rings. The van der Waals surface area contributed by atoms with Crippen LogP contribution in [0, 0.1) is 5.82 Å². The van der Waals surface area contributed by atoms with E-state index in [-0.39, 0.29) is 35.4 Å². The SMILES string of the molecule is CC1CC(NC(=O)c2cnc(N)c(N)c2)CN1C(=O)c1cccc(F)c1. The van der Waals surface area contributed by atoms with Crippen LogP contribution in [0.3, 0.4) is 0 Å². The third kappa shape index (κ3) is 3.58. The van der Waals surface area contributed by atoms with Crippen LogP contribution >= 0.6 is 0 Å². The van der Waals surface area contributed by atoms with E-state index in [1.807, 2.05) is 6.92 Å². The Morgan fingerprint density at radius 3 is 2.73 bits per heavy atom. The molecule has 2 amide bonds. The van der Waals surface area contributed by atoms with Crippen LogP contribution in [0.2, 0.25) is 0 Å². The molecule has 1 saturated heterocycles. The summed E-state index contributed by atoms with van der Waals surface area (Å²) in [5.74, 6) is -0.877. The number of pyridine rings is 1. The minimum Gasteiger partial charge on any atom is -0.396 e. The van der Waals surface area contributed by atoms with E-state index in [4.69, 9.17) is 11.5 Å². The zero-order valence-corrected chi connectivity index (χ0v) is 14.3. The van der Waals surface area contributed by atoms with Crippen LogP contribution in [0.4, 0.5) is 15.9 Å². The fraction of sp³-hybridized carbons (Fsp3) is 0.278. The van der Waals surface area contributed by atoms with E-state index < -0.39 is 5.82 Å². The van der Waals surface area contributed by atoms with Gasteiger partial charge in [-0.05, 0) is 37.6 Å². The summed E-state index contributed by atoms with van der Waals surface area (Å²) in [5, 5.41) is 2.88. The van der Waals surface area contributed by atoms with Gasteiger partial charge in [0.2, 0.25) is 0 Å². The van der Waals surface area contributed by atoms with Crippen molar-refractivity contribution in [2.45, 2.75) is 25.4 Å². The van der Waals surface area contributed by atoms with Crippen LogP contribution in [0.5, 0.6) is 0 Å². The van der Waals surface area contributed by atoms with E-state index in [2.05, 4.69) is 10.3 Å². The van der Waals surface area contributed by atoms with Gasteiger partial charge in [-0.1, -0.05) is 6.07 Å². The molecule has 3 rings (SSSR count). The van der Waals surface area contributed by atoms with Crippen molar-refractivity contribution in [1.29, 1.82) is 0 Å². The van der Waals surface area contributed by atoms with E-state index in [9.17, 15) is 14.0 Å². The predicted molar refractivity (Wildman–Crippen MR) is 95.8 cm³/mol. The van der Waals surface area contributed by atoms with E-state index in [0.29, 0.717) is 24.1 Å². The fourth-order valence-corrected chi connectivity index (χ4v) is 3.09. The van der Waals surface area contributed by atoms with Gasteiger partial charge in [0.15, 0.2) is 0 Å². The Labute approximate surface area is 150 Å². The molecule has 7 nitrogen and oxygen atoms in total. The number of carbonyl (C=O) groups is 2. The van der Waals surface area contributed by atoms with Crippen molar-refractivity contribution in [3.63, 3.8) is 0 Å². The van der Waals surface area contributed by atoms with Crippen molar-refractivity contribution in [3.05, 3.63) is 53.5 Å². The molecule has 8 heteroatoms. The molecule has 1 fully saturated rings. The Hall–Kier alpha value is -3.16. The maximum absolute atomic E-state index is 13.4. The Balaban J connectivity index is 1.67. The zero-order chi connectivity index (χ0) is 18.8. The van der Waals surface area contributed by atoms with Gasteiger partial charge in [0.1, 0.15) is 11.6 Å². The summed E-state index contributed by atoms with van der Waals surface area (Å²) in [6, 6.07) is 6.75.